The second-order valence-electron chi connectivity index (χ2n) is 13.0. The lowest BCUT2D eigenvalue weighted by Crippen LogP contribution is -2.17. The second-order valence-corrected chi connectivity index (χ2v) is 15.4. The van der Waals surface area contributed by atoms with E-state index in [2.05, 4.69) is 185 Å². The van der Waals surface area contributed by atoms with Crippen LogP contribution < -0.4 is 20.2 Å². The molecule has 4 nitrogen and oxygen atoms in total. The highest BCUT2D eigenvalue weighted by atomic mass is 31.1. The van der Waals surface area contributed by atoms with Gasteiger partial charge in [0.1, 0.15) is 5.75 Å². The summed E-state index contributed by atoms with van der Waals surface area (Å²) in [6, 6.07) is 75.9. The van der Waals surface area contributed by atoms with Gasteiger partial charge >= 0.3 is 0 Å². The van der Waals surface area contributed by atoms with E-state index in [9.17, 15) is 0 Å². The lowest BCUT2D eigenvalue weighted by Gasteiger charge is -2.26. The molecule has 266 valence electrons. The molecule has 0 bridgehead atoms. The summed E-state index contributed by atoms with van der Waals surface area (Å²) in [5, 5.41) is 11.8. The third-order valence-electron chi connectivity index (χ3n) is 9.41. The minimum atomic E-state index is -0.500. The van der Waals surface area contributed by atoms with Crippen LogP contribution in [0.25, 0.3) is 22.3 Å². The van der Waals surface area contributed by atoms with Gasteiger partial charge in [-0.05, 0) is 114 Å². The normalized spacial score (nSPS) is 11.1. The van der Waals surface area contributed by atoms with Gasteiger partial charge in [0.05, 0.1) is 18.0 Å². The van der Waals surface area contributed by atoms with E-state index < -0.39 is 7.92 Å². The number of nitrogens with zero attached hydrogens (tertiary/aromatic N) is 3. The van der Waals surface area contributed by atoms with Crippen LogP contribution in [0.5, 0.6) is 5.75 Å². The van der Waals surface area contributed by atoms with Crippen molar-refractivity contribution < 1.29 is 4.74 Å². The predicted octanol–water partition coefficient (Wildman–Crippen LogP) is 13.4. The molecule has 0 saturated heterocycles. The Labute approximate surface area is 324 Å². The van der Waals surface area contributed by atoms with Gasteiger partial charge < -0.3 is 9.64 Å². The molecule has 0 aromatic heterocycles. The molecule has 0 spiro atoms. The molecule has 0 unspecified atom stereocenters. The molecule has 0 aliphatic heterocycles. The molecule has 55 heavy (non-hydrogen) atoms. The molecular weight excluding hydrogens is 690 g/mol. The Hall–Kier alpha value is -6.61. The minimum Gasteiger partial charge on any atom is -0.493 e. The molecule has 0 atom stereocenters. The van der Waals surface area contributed by atoms with Crippen molar-refractivity contribution in [3.8, 4) is 28.0 Å². The summed E-state index contributed by atoms with van der Waals surface area (Å²) < 4.78 is 6.20. The third-order valence-corrected chi connectivity index (χ3v) is 11.9. The SMILES string of the molecule is c1ccc(-c2ccc(N(c3ccc(N=Nc4ccc(OCCP(c5ccccc5)c5ccccc5)cc4)cc3)c3ccc(-c4ccccc4)cc3)cc2)cc1. The van der Waals surface area contributed by atoms with Gasteiger partial charge in [-0.15, -0.1) is 0 Å². The smallest absolute Gasteiger partial charge is 0.119 e. The Bertz CT molecular complexity index is 2280. The number of rotatable bonds is 13. The zero-order chi connectivity index (χ0) is 37.1. The molecule has 0 aliphatic carbocycles. The summed E-state index contributed by atoms with van der Waals surface area (Å²) in [5.74, 6) is 0.827. The highest BCUT2D eigenvalue weighted by molar-refractivity contribution is 7.73. The number of hydrogen-bond acceptors (Lipinski definition) is 4. The lowest BCUT2D eigenvalue weighted by molar-refractivity contribution is 0.343. The molecule has 5 heteroatoms. The molecule has 0 radical (unpaired) electrons. The van der Waals surface area contributed by atoms with Gasteiger partial charge in [-0.3, -0.25) is 0 Å². The monoisotopic (exact) mass is 729 g/mol. The van der Waals surface area contributed by atoms with Crippen LogP contribution in [0.3, 0.4) is 0 Å². The van der Waals surface area contributed by atoms with Gasteiger partial charge in [0.2, 0.25) is 0 Å². The Morgan fingerprint density at radius 1 is 0.364 bits per heavy atom. The first-order valence-electron chi connectivity index (χ1n) is 18.5. The fourth-order valence-electron chi connectivity index (χ4n) is 6.59. The van der Waals surface area contributed by atoms with E-state index in [-0.39, 0.29) is 0 Å². The maximum Gasteiger partial charge on any atom is 0.119 e. The van der Waals surface area contributed by atoms with Crippen LogP contribution in [0.15, 0.2) is 229 Å². The largest absolute Gasteiger partial charge is 0.493 e. The van der Waals surface area contributed by atoms with Crippen LogP contribution in [0, 0.1) is 0 Å². The Morgan fingerprint density at radius 3 is 1.13 bits per heavy atom. The number of ether oxygens (including phenoxy) is 1. The maximum absolute atomic E-state index is 6.20. The van der Waals surface area contributed by atoms with E-state index in [1.54, 1.807) is 0 Å². The van der Waals surface area contributed by atoms with Crippen LogP contribution >= 0.6 is 7.92 Å². The molecule has 8 aromatic carbocycles. The van der Waals surface area contributed by atoms with E-state index in [1.807, 2.05) is 48.5 Å². The summed E-state index contributed by atoms with van der Waals surface area (Å²) in [5.41, 5.74) is 9.47. The highest BCUT2D eigenvalue weighted by Crippen LogP contribution is 2.38. The highest BCUT2D eigenvalue weighted by Gasteiger charge is 2.15. The van der Waals surface area contributed by atoms with Crippen molar-refractivity contribution >= 4 is 47.0 Å². The first kappa shape index (κ1) is 35.4. The van der Waals surface area contributed by atoms with Crippen LogP contribution in [0.2, 0.25) is 0 Å². The average molecular weight is 730 g/mol. The predicted molar refractivity (Wildman–Crippen MR) is 232 cm³/mol. The molecule has 8 aromatic rings. The molecule has 0 aliphatic rings. The van der Waals surface area contributed by atoms with Crippen molar-refractivity contribution in [2.45, 2.75) is 0 Å². The Balaban J connectivity index is 0.956. The summed E-state index contributed by atoms with van der Waals surface area (Å²) in [7, 11) is -0.500. The fraction of sp³-hybridized carbons (Fsp3) is 0.0400. The second kappa shape index (κ2) is 17.5. The van der Waals surface area contributed by atoms with Crippen molar-refractivity contribution in [1.82, 2.24) is 0 Å². The van der Waals surface area contributed by atoms with E-state index >= 15 is 0 Å². The number of azo groups is 1. The van der Waals surface area contributed by atoms with Gasteiger partial charge in [-0.1, -0.05) is 146 Å². The summed E-state index contributed by atoms with van der Waals surface area (Å²) in [6.07, 6.45) is 0.941. The molecule has 0 saturated carbocycles. The topological polar surface area (TPSA) is 37.2 Å². The summed E-state index contributed by atoms with van der Waals surface area (Å²) in [4.78, 5) is 2.27. The van der Waals surface area contributed by atoms with Crippen LogP contribution in [-0.4, -0.2) is 12.8 Å². The van der Waals surface area contributed by atoms with Crippen molar-refractivity contribution in [1.29, 1.82) is 0 Å². The standard InChI is InChI=1S/C50H40N3OP/c1-5-13-39(14-6-1)41-21-29-45(30-22-41)53(46-31-23-42(24-32-46)40-15-7-2-8-16-40)47-33-25-43(26-34-47)51-52-44-27-35-48(36-28-44)54-37-38-55(49-17-9-3-10-18-49)50-19-11-4-12-20-50/h1-36H,37-38H2. The number of hydrogen-bond donors (Lipinski definition) is 0. The van der Waals surface area contributed by atoms with Gasteiger partial charge in [-0.2, -0.15) is 10.2 Å². The van der Waals surface area contributed by atoms with E-state index in [0.29, 0.717) is 6.61 Å². The molecule has 8 rings (SSSR count). The first-order valence-corrected chi connectivity index (χ1v) is 20.0. The van der Waals surface area contributed by atoms with E-state index in [4.69, 9.17) is 4.74 Å². The summed E-state index contributed by atoms with van der Waals surface area (Å²) in [6.45, 7) is 0.633. The first-order chi connectivity index (χ1) is 27.3. The van der Waals surface area contributed by atoms with Crippen LogP contribution in [-0.2, 0) is 0 Å². The lowest BCUT2D eigenvalue weighted by atomic mass is 10.0. The minimum absolute atomic E-state index is 0.500. The zero-order valence-corrected chi connectivity index (χ0v) is 31.3. The quantitative estimate of drug-likeness (QED) is 0.0875. The Kier molecular flexibility index (Phi) is 11.3. The summed E-state index contributed by atoms with van der Waals surface area (Å²) >= 11 is 0. The van der Waals surface area contributed by atoms with E-state index in [1.165, 1.54) is 32.9 Å². The molecule has 0 heterocycles. The van der Waals surface area contributed by atoms with Crippen LogP contribution in [0.1, 0.15) is 0 Å². The maximum atomic E-state index is 6.20. The number of anilines is 3. The van der Waals surface area contributed by atoms with Crippen molar-refractivity contribution in [2.75, 3.05) is 17.7 Å². The molecule has 0 fully saturated rings. The van der Waals surface area contributed by atoms with Gasteiger partial charge in [-0.25, -0.2) is 0 Å². The van der Waals surface area contributed by atoms with Crippen molar-refractivity contribution in [3.05, 3.63) is 218 Å². The number of benzene rings is 8. The van der Waals surface area contributed by atoms with Crippen molar-refractivity contribution in [2.24, 2.45) is 10.2 Å². The van der Waals surface area contributed by atoms with Gasteiger partial charge in [0.25, 0.3) is 0 Å². The molecule has 0 N–H and O–H groups in total. The van der Waals surface area contributed by atoms with Crippen LogP contribution in [0.4, 0.5) is 28.4 Å². The fourth-order valence-corrected chi connectivity index (χ4v) is 8.74. The zero-order valence-electron chi connectivity index (χ0n) is 30.4. The third kappa shape index (κ3) is 8.96. The molecule has 0 amide bonds. The average Bonchev–Trinajstić information content (AvgIpc) is 3.27. The van der Waals surface area contributed by atoms with Crippen molar-refractivity contribution in [3.63, 3.8) is 0 Å². The van der Waals surface area contributed by atoms with Gasteiger partial charge in [0.15, 0.2) is 0 Å². The van der Waals surface area contributed by atoms with E-state index in [0.717, 1.165) is 40.3 Å². The molecular formula is C50H40N3OP. The van der Waals surface area contributed by atoms with Gasteiger partial charge in [0, 0.05) is 23.2 Å². The Morgan fingerprint density at radius 2 is 0.709 bits per heavy atom.